The van der Waals surface area contributed by atoms with Crippen molar-refractivity contribution in [1.29, 1.82) is 0 Å². The van der Waals surface area contributed by atoms with Crippen molar-refractivity contribution in [1.82, 2.24) is 5.32 Å². The average Bonchev–Trinajstić information content (AvgIpc) is 2.57. The van der Waals surface area contributed by atoms with Gasteiger partial charge in [-0.05, 0) is 84.1 Å². The number of benzene rings is 1. The van der Waals surface area contributed by atoms with Crippen molar-refractivity contribution < 1.29 is 5.11 Å². The zero-order chi connectivity index (χ0) is 19.6. The fourth-order valence-corrected chi connectivity index (χ4v) is 3.15. The fraction of sp³-hybridized carbons (Fsp3) is 0.417. The van der Waals surface area contributed by atoms with E-state index in [4.69, 9.17) is 0 Å². The van der Waals surface area contributed by atoms with Gasteiger partial charge < -0.3 is 10.4 Å². The molecule has 0 aromatic heterocycles. The van der Waals surface area contributed by atoms with E-state index >= 15 is 0 Å². The third-order valence-corrected chi connectivity index (χ3v) is 5.77. The molecule has 0 spiro atoms. The summed E-state index contributed by atoms with van der Waals surface area (Å²) >= 11 is 0. The highest BCUT2D eigenvalue weighted by molar-refractivity contribution is 5.75. The lowest BCUT2D eigenvalue weighted by Gasteiger charge is -2.31. The second-order valence-corrected chi connectivity index (χ2v) is 8.41. The van der Waals surface area contributed by atoms with Crippen LogP contribution in [0.3, 0.4) is 0 Å². The Morgan fingerprint density at radius 1 is 1.23 bits per heavy atom. The van der Waals surface area contributed by atoms with Gasteiger partial charge in [0, 0.05) is 24.1 Å². The molecule has 0 bridgehead atoms. The zero-order valence-electron chi connectivity index (χ0n) is 17.2. The zero-order valence-corrected chi connectivity index (χ0v) is 17.2. The first-order valence-electron chi connectivity index (χ1n) is 9.31. The summed E-state index contributed by atoms with van der Waals surface area (Å²) in [5.41, 5.74) is 9.12. The van der Waals surface area contributed by atoms with Crippen LogP contribution in [0.15, 0.2) is 54.3 Å². The van der Waals surface area contributed by atoms with E-state index in [1.54, 1.807) is 0 Å². The van der Waals surface area contributed by atoms with Gasteiger partial charge in [0.2, 0.25) is 0 Å². The van der Waals surface area contributed by atoms with Gasteiger partial charge >= 0.3 is 0 Å². The lowest BCUT2D eigenvalue weighted by atomic mass is 9.76. The first-order chi connectivity index (χ1) is 12.1. The minimum Gasteiger partial charge on any atom is -0.396 e. The van der Waals surface area contributed by atoms with Crippen LogP contribution < -0.4 is 5.32 Å². The van der Waals surface area contributed by atoms with E-state index in [0.717, 1.165) is 28.8 Å². The fourth-order valence-electron chi connectivity index (χ4n) is 3.15. The molecule has 1 aliphatic heterocycles. The summed E-state index contributed by atoms with van der Waals surface area (Å²) in [6.45, 7) is 21.2. The van der Waals surface area contributed by atoms with Gasteiger partial charge in [-0.3, -0.25) is 0 Å². The topological polar surface area (TPSA) is 32.3 Å². The summed E-state index contributed by atoms with van der Waals surface area (Å²) < 4.78 is 0. The van der Waals surface area contributed by atoms with E-state index in [-0.39, 0.29) is 12.0 Å². The highest BCUT2D eigenvalue weighted by atomic mass is 16.3. The standard InChI is InChI=1S/C24H33NO/c1-15(2)22-13-25-23(11-18(22)5)21-10-17(4)16(3)9-20(21)12-19(6)24(7,8)14-26/h9-11,13,19,25-26H,1,5,12,14H2,2-4,6-8H3. The lowest BCUT2D eigenvalue weighted by Crippen LogP contribution is -2.28. The summed E-state index contributed by atoms with van der Waals surface area (Å²) in [4.78, 5) is 0. The smallest absolute Gasteiger partial charge is 0.0484 e. The summed E-state index contributed by atoms with van der Waals surface area (Å²) in [5.74, 6) is 0.363. The predicted octanol–water partition coefficient (Wildman–Crippen LogP) is 5.46. The molecule has 2 nitrogen and oxygen atoms in total. The van der Waals surface area contributed by atoms with Crippen molar-refractivity contribution in [2.75, 3.05) is 6.61 Å². The molecule has 0 amide bonds. The highest BCUT2D eigenvalue weighted by Gasteiger charge is 2.26. The van der Waals surface area contributed by atoms with E-state index in [1.165, 1.54) is 22.3 Å². The molecule has 1 aromatic carbocycles. The Hall–Kier alpha value is -2.06. The summed E-state index contributed by atoms with van der Waals surface area (Å²) in [5, 5.41) is 13.2. The van der Waals surface area contributed by atoms with Gasteiger partial charge in [0.25, 0.3) is 0 Å². The van der Waals surface area contributed by atoms with Crippen LogP contribution in [-0.2, 0) is 6.42 Å². The van der Waals surface area contributed by atoms with E-state index in [9.17, 15) is 5.11 Å². The second-order valence-electron chi connectivity index (χ2n) is 8.41. The van der Waals surface area contributed by atoms with E-state index in [2.05, 4.69) is 71.3 Å². The molecule has 0 radical (unpaired) electrons. The van der Waals surface area contributed by atoms with Gasteiger partial charge in [0.05, 0.1) is 0 Å². The lowest BCUT2D eigenvalue weighted by molar-refractivity contribution is 0.105. The molecule has 2 heteroatoms. The van der Waals surface area contributed by atoms with E-state index < -0.39 is 0 Å². The number of rotatable bonds is 6. The van der Waals surface area contributed by atoms with E-state index in [1.807, 2.05) is 13.1 Å². The Labute approximate surface area is 159 Å². The highest BCUT2D eigenvalue weighted by Crippen LogP contribution is 2.34. The molecule has 1 atom stereocenters. The van der Waals surface area contributed by atoms with Crippen molar-refractivity contribution in [2.24, 2.45) is 11.3 Å². The second kappa shape index (κ2) is 7.67. The van der Waals surface area contributed by atoms with Crippen molar-refractivity contribution >= 4 is 5.70 Å². The van der Waals surface area contributed by atoms with Gasteiger partial charge in [-0.15, -0.1) is 0 Å². The third-order valence-electron chi connectivity index (χ3n) is 5.77. The molecule has 2 rings (SSSR count). The monoisotopic (exact) mass is 351 g/mol. The van der Waals surface area contributed by atoms with Crippen molar-refractivity contribution in [3.63, 3.8) is 0 Å². The minimum atomic E-state index is -0.110. The average molecular weight is 352 g/mol. The number of allylic oxidation sites excluding steroid dienone is 4. The Morgan fingerprint density at radius 3 is 2.38 bits per heavy atom. The number of dihydropyridines is 1. The first-order valence-corrected chi connectivity index (χ1v) is 9.31. The number of aliphatic hydroxyl groups is 1. The molecule has 2 N–H and O–H groups in total. The quantitative estimate of drug-likeness (QED) is 0.713. The molecule has 0 saturated carbocycles. The Kier molecular flexibility index (Phi) is 5.98. The molecule has 26 heavy (non-hydrogen) atoms. The van der Waals surface area contributed by atoms with Crippen LogP contribution in [0.25, 0.3) is 5.70 Å². The van der Waals surface area contributed by atoms with Crippen LogP contribution in [0, 0.1) is 25.2 Å². The van der Waals surface area contributed by atoms with Crippen LogP contribution in [0.5, 0.6) is 0 Å². The van der Waals surface area contributed by atoms with Crippen LogP contribution in [-0.4, -0.2) is 11.7 Å². The molecule has 0 saturated heterocycles. The van der Waals surface area contributed by atoms with Crippen molar-refractivity contribution in [3.05, 3.63) is 76.5 Å². The normalized spacial score (nSPS) is 15.9. The SMILES string of the molecule is C=C(C)C1=CNC(c2cc(C)c(C)cc2CC(C)C(C)(C)CO)=CC1=C. The molecule has 1 aromatic rings. The Balaban J connectivity index is 2.43. The maximum Gasteiger partial charge on any atom is 0.0484 e. The molecule has 1 unspecified atom stereocenters. The molecular weight excluding hydrogens is 318 g/mol. The van der Waals surface area contributed by atoms with Gasteiger partial charge in [-0.1, -0.05) is 40.0 Å². The van der Waals surface area contributed by atoms with Crippen LogP contribution in [0.2, 0.25) is 0 Å². The first kappa shape index (κ1) is 20.3. The van der Waals surface area contributed by atoms with Gasteiger partial charge in [0.1, 0.15) is 0 Å². The number of hydrogen-bond acceptors (Lipinski definition) is 2. The summed E-state index contributed by atoms with van der Waals surface area (Å²) in [6.07, 6.45) is 5.03. The molecular formula is C24H33NO. The molecule has 1 aliphatic rings. The van der Waals surface area contributed by atoms with Crippen molar-refractivity contribution in [3.8, 4) is 0 Å². The van der Waals surface area contributed by atoms with Crippen LogP contribution in [0.1, 0.15) is 49.9 Å². The van der Waals surface area contributed by atoms with E-state index in [0.29, 0.717) is 5.92 Å². The van der Waals surface area contributed by atoms with Gasteiger partial charge in [-0.25, -0.2) is 0 Å². The number of aryl methyl sites for hydroxylation is 2. The summed E-state index contributed by atoms with van der Waals surface area (Å²) in [6, 6.07) is 4.55. The largest absolute Gasteiger partial charge is 0.396 e. The molecule has 0 aliphatic carbocycles. The third kappa shape index (κ3) is 4.19. The maximum atomic E-state index is 9.72. The molecule has 0 fully saturated rings. The Bertz CT molecular complexity index is 793. The number of aliphatic hydroxyl groups excluding tert-OH is 1. The Morgan fingerprint density at radius 2 is 1.85 bits per heavy atom. The predicted molar refractivity (Wildman–Crippen MR) is 113 cm³/mol. The molecule has 1 heterocycles. The number of hydrogen-bond donors (Lipinski definition) is 2. The molecule has 140 valence electrons. The number of nitrogens with one attached hydrogen (secondary N) is 1. The van der Waals surface area contributed by atoms with Crippen LogP contribution in [0.4, 0.5) is 0 Å². The van der Waals surface area contributed by atoms with Crippen molar-refractivity contribution in [2.45, 2.75) is 48.0 Å². The van der Waals surface area contributed by atoms with Crippen LogP contribution >= 0.6 is 0 Å². The van der Waals surface area contributed by atoms with Gasteiger partial charge in [-0.2, -0.15) is 0 Å². The minimum absolute atomic E-state index is 0.110. The van der Waals surface area contributed by atoms with Gasteiger partial charge in [0.15, 0.2) is 0 Å². The summed E-state index contributed by atoms with van der Waals surface area (Å²) in [7, 11) is 0. The maximum absolute atomic E-state index is 9.72.